The topological polar surface area (TPSA) is 106 Å². The van der Waals surface area contributed by atoms with Crippen molar-refractivity contribution in [1.29, 1.82) is 0 Å². The van der Waals surface area contributed by atoms with Crippen molar-refractivity contribution < 1.29 is 43.2 Å². The lowest BCUT2D eigenvalue weighted by Crippen LogP contribution is -2.54. The molecule has 1 aliphatic rings. The Morgan fingerprint density at radius 3 is 1.90 bits per heavy atom. The van der Waals surface area contributed by atoms with E-state index in [-0.39, 0.29) is 0 Å². The van der Waals surface area contributed by atoms with Gasteiger partial charge in [-0.2, -0.15) is 26.3 Å². The van der Waals surface area contributed by atoms with Crippen molar-refractivity contribution in [2.45, 2.75) is 35.3 Å². The summed E-state index contributed by atoms with van der Waals surface area (Å²) in [6.07, 6.45) is -7.02. The second-order valence-corrected chi connectivity index (χ2v) is 9.79. The van der Waals surface area contributed by atoms with Gasteiger partial charge in [-0.05, 0) is 32.5 Å². The van der Waals surface area contributed by atoms with Crippen LogP contribution in [-0.2, 0) is 26.2 Å². The highest BCUT2D eigenvalue weighted by Crippen LogP contribution is 2.43. The molecule has 6 nitrogen and oxygen atoms in total. The van der Waals surface area contributed by atoms with Gasteiger partial charge in [0.1, 0.15) is 0 Å². The summed E-state index contributed by atoms with van der Waals surface area (Å²) < 4.78 is 119. The molecule has 2 rings (SSSR count). The molecule has 14 heteroatoms. The molecule has 1 aliphatic carbocycles. The summed E-state index contributed by atoms with van der Waals surface area (Å²) in [7, 11) is -7.83. The number of benzene rings is 1. The minimum atomic E-state index is -4.84. The first-order chi connectivity index (χ1) is 13.4. The highest BCUT2D eigenvalue weighted by molar-refractivity contribution is 7.91. The highest BCUT2D eigenvalue weighted by Gasteiger charge is 2.61. The Balaban J connectivity index is 0.000000303. The number of hydrogen-bond donors (Lipinski definition) is 2. The molecule has 0 spiro atoms. The molecule has 1 unspecified atom stereocenters. The van der Waals surface area contributed by atoms with Gasteiger partial charge < -0.3 is 0 Å². The number of allylic oxidation sites excluding steroid dienone is 3. The summed E-state index contributed by atoms with van der Waals surface area (Å²) in [6, 6.07) is 3.75. The van der Waals surface area contributed by atoms with E-state index in [1.807, 2.05) is 0 Å². The average Bonchev–Trinajstić information content (AvgIpc) is 2.60. The number of nitrogens with one attached hydrogen (secondary N) is 1. The second kappa shape index (κ2) is 8.69. The van der Waals surface area contributed by atoms with Gasteiger partial charge in [0, 0.05) is 0 Å². The minimum absolute atomic E-state index is 0.595. The van der Waals surface area contributed by atoms with Gasteiger partial charge in [0.15, 0.2) is 0 Å². The monoisotopic (exact) mass is 480 g/mol. The quantitative estimate of drug-likeness (QED) is 0.649. The second-order valence-electron chi connectivity index (χ2n) is 6.12. The predicted molar refractivity (Wildman–Crippen MR) is 97.1 cm³/mol. The zero-order valence-corrected chi connectivity index (χ0v) is 17.2. The van der Waals surface area contributed by atoms with Crippen molar-refractivity contribution in [2.24, 2.45) is 5.14 Å². The first-order valence-electron chi connectivity index (χ1n) is 7.94. The van der Waals surface area contributed by atoms with Crippen LogP contribution in [0.4, 0.5) is 26.3 Å². The molecule has 0 saturated carbocycles. The van der Waals surface area contributed by atoms with Crippen molar-refractivity contribution in [3.8, 4) is 0 Å². The number of primary sulfonamides is 1. The Morgan fingerprint density at radius 1 is 1.03 bits per heavy atom. The van der Waals surface area contributed by atoms with Crippen LogP contribution in [0.1, 0.15) is 18.9 Å². The maximum absolute atomic E-state index is 12.9. The molecule has 30 heavy (non-hydrogen) atoms. The van der Waals surface area contributed by atoms with Crippen LogP contribution >= 0.6 is 0 Å². The number of alkyl halides is 6. The molecule has 0 saturated heterocycles. The van der Waals surface area contributed by atoms with Gasteiger partial charge in [-0.25, -0.2) is 26.7 Å². The van der Waals surface area contributed by atoms with Crippen molar-refractivity contribution in [3.05, 3.63) is 53.6 Å². The third-order valence-corrected chi connectivity index (χ3v) is 7.07. The van der Waals surface area contributed by atoms with Gasteiger partial charge in [0.25, 0.3) is 0 Å². The maximum atomic E-state index is 12.9. The lowest BCUT2D eigenvalue weighted by Gasteiger charge is -2.32. The molecule has 1 aromatic rings. The molecule has 0 heterocycles. The SMILES string of the molecule is CNS(=O)(=O)C1(C(F)(F)F)C=CC(C)=CC1.NS(=O)(=O)c1ccccc1C(F)(F)F. The van der Waals surface area contributed by atoms with Crippen LogP contribution in [-0.4, -0.2) is 34.8 Å². The van der Waals surface area contributed by atoms with E-state index >= 15 is 0 Å². The van der Waals surface area contributed by atoms with Crippen molar-refractivity contribution in [3.63, 3.8) is 0 Å². The summed E-state index contributed by atoms with van der Waals surface area (Å²) in [5, 5.41) is 4.63. The molecule has 0 aromatic heterocycles. The lowest BCUT2D eigenvalue weighted by atomic mass is 9.96. The van der Waals surface area contributed by atoms with Gasteiger partial charge in [0.05, 0.1) is 10.5 Å². The molecular weight excluding hydrogens is 462 g/mol. The number of halogens is 6. The van der Waals surface area contributed by atoms with Gasteiger partial charge in [0.2, 0.25) is 24.8 Å². The first kappa shape index (κ1) is 26.1. The van der Waals surface area contributed by atoms with E-state index in [0.29, 0.717) is 17.7 Å². The molecule has 1 atom stereocenters. The smallest absolute Gasteiger partial charge is 0.225 e. The molecule has 170 valence electrons. The normalized spacial score (nSPS) is 20.2. The van der Waals surface area contributed by atoms with Gasteiger partial charge in [-0.3, -0.25) is 0 Å². The van der Waals surface area contributed by atoms with E-state index < -0.39 is 54.0 Å². The summed E-state index contributed by atoms with van der Waals surface area (Å²) in [5.41, 5.74) is -0.631. The Bertz CT molecular complexity index is 1040. The average molecular weight is 480 g/mol. The fraction of sp³-hybridized carbons (Fsp3) is 0.375. The summed E-state index contributed by atoms with van der Waals surface area (Å²) >= 11 is 0. The molecule has 1 aromatic carbocycles. The zero-order chi connectivity index (χ0) is 23.6. The molecule has 0 aliphatic heterocycles. The number of hydrogen-bond acceptors (Lipinski definition) is 4. The van der Waals surface area contributed by atoms with Crippen LogP contribution in [0.25, 0.3) is 0 Å². The summed E-state index contributed by atoms with van der Waals surface area (Å²) in [4.78, 5) is -0.910. The van der Waals surface area contributed by atoms with Crippen LogP contribution in [0, 0.1) is 0 Å². The zero-order valence-electron chi connectivity index (χ0n) is 15.5. The molecule has 0 amide bonds. The summed E-state index contributed by atoms with van der Waals surface area (Å²) in [6.45, 7) is 1.61. The van der Waals surface area contributed by atoms with Gasteiger partial charge >= 0.3 is 12.4 Å². The third-order valence-electron chi connectivity index (χ3n) is 4.07. The van der Waals surface area contributed by atoms with Crippen LogP contribution in [0.2, 0.25) is 0 Å². The highest BCUT2D eigenvalue weighted by atomic mass is 32.2. The van der Waals surface area contributed by atoms with Gasteiger partial charge in [-0.15, -0.1) is 0 Å². The Kier molecular flexibility index (Phi) is 7.57. The van der Waals surface area contributed by atoms with Crippen molar-refractivity contribution >= 4 is 20.0 Å². The maximum Gasteiger partial charge on any atom is 0.417 e. The predicted octanol–water partition coefficient (Wildman–Crippen LogP) is 3.10. The largest absolute Gasteiger partial charge is 0.417 e. The van der Waals surface area contributed by atoms with E-state index in [1.165, 1.54) is 18.2 Å². The van der Waals surface area contributed by atoms with Crippen LogP contribution in [0.3, 0.4) is 0 Å². The number of rotatable bonds is 3. The van der Waals surface area contributed by atoms with Crippen LogP contribution < -0.4 is 9.86 Å². The van der Waals surface area contributed by atoms with Crippen molar-refractivity contribution in [2.75, 3.05) is 7.05 Å². The molecule has 0 bridgehead atoms. The molecule has 0 radical (unpaired) electrons. The fourth-order valence-electron chi connectivity index (χ4n) is 2.41. The first-order valence-corrected chi connectivity index (χ1v) is 11.0. The minimum Gasteiger partial charge on any atom is -0.225 e. The van der Waals surface area contributed by atoms with E-state index in [1.54, 1.807) is 11.6 Å². The van der Waals surface area contributed by atoms with Gasteiger partial charge in [-0.1, -0.05) is 35.9 Å². The fourth-order valence-corrected chi connectivity index (χ4v) is 4.39. The van der Waals surface area contributed by atoms with E-state index in [9.17, 15) is 43.2 Å². The lowest BCUT2D eigenvalue weighted by molar-refractivity contribution is -0.149. The molecular formula is C16H18F6N2O4S2. The number of sulfonamides is 2. The Hall–Kier alpha value is -1.90. The van der Waals surface area contributed by atoms with Crippen molar-refractivity contribution in [1.82, 2.24) is 4.72 Å². The molecule has 3 N–H and O–H groups in total. The van der Waals surface area contributed by atoms with E-state index in [2.05, 4.69) is 5.14 Å². The number of nitrogens with two attached hydrogens (primary N) is 1. The van der Waals surface area contributed by atoms with Crippen LogP contribution in [0.15, 0.2) is 53.0 Å². The van der Waals surface area contributed by atoms with Crippen LogP contribution in [0.5, 0.6) is 0 Å². The Morgan fingerprint density at radius 2 is 1.57 bits per heavy atom. The van der Waals surface area contributed by atoms with E-state index in [4.69, 9.17) is 0 Å². The summed E-state index contributed by atoms with van der Waals surface area (Å²) in [5.74, 6) is 0. The van der Waals surface area contributed by atoms with E-state index in [0.717, 1.165) is 19.2 Å². The Labute approximate surface area is 169 Å². The molecule has 0 fully saturated rings. The third kappa shape index (κ3) is 5.62. The standard InChI is InChI=1S/C9H12F3NO2S.C7H6F3NO2S/c1-7-3-5-8(6-4-7,9(10,11)12)16(14,15)13-2;8-7(9,10)5-3-1-2-4-6(5)14(11,12)13/h3-5,13H,6H2,1-2H3;1-4H,(H2,11,12,13).